The molecule has 0 aromatic heterocycles. The number of aryl methyl sites for hydroxylation is 2. The van der Waals surface area contributed by atoms with Gasteiger partial charge in [0.05, 0.1) is 24.2 Å². The molecule has 0 saturated carbocycles. The first-order valence-corrected chi connectivity index (χ1v) is 27.0. The number of likely N-dealkylation sites (tertiary alicyclic amines) is 2. The molecule has 10 atom stereocenters. The quantitative estimate of drug-likeness (QED) is 0.103. The Labute approximate surface area is 447 Å². The van der Waals surface area contributed by atoms with Crippen LogP contribution in [0.4, 0.5) is 0 Å². The minimum Gasteiger partial charge on any atom is -0.347 e. The third-order valence-corrected chi connectivity index (χ3v) is 15.7. The fourth-order valence-corrected chi connectivity index (χ4v) is 10.9. The lowest BCUT2D eigenvalue weighted by Crippen LogP contribution is -2.59. The molecule has 18 nitrogen and oxygen atoms in total. The second kappa shape index (κ2) is 24.1. The predicted octanol–water partition coefficient (Wildman–Crippen LogP) is 3.75. The molecule has 2 fully saturated rings. The molecule has 7 rings (SSSR count). The van der Waals surface area contributed by atoms with E-state index in [1.165, 1.54) is 45.2 Å². The minimum atomic E-state index is -0.981. The van der Waals surface area contributed by atoms with E-state index in [0.717, 1.165) is 49.7 Å². The monoisotopic (exact) mass is 1040 g/mol. The molecule has 0 bridgehead atoms. The van der Waals surface area contributed by atoms with E-state index in [2.05, 4.69) is 54.7 Å². The van der Waals surface area contributed by atoms with Crippen molar-refractivity contribution in [1.82, 2.24) is 52.3 Å². The molecule has 76 heavy (non-hydrogen) atoms. The van der Waals surface area contributed by atoms with Gasteiger partial charge in [-0.05, 0) is 137 Å². The highest BCUT2D eigenvalue weighted by Crippen LogP contribution is 2.34. The molecular formula is C58H80N10O8. The van der Waals surface area contributed by atoms with Crippen LogP contribution in [0.3, 0.4) is 0 Å². The van der Waals surface area contributed by atoms with Crippen molar-refractivity contribution in [2.75, 3.05) is 27.2 Å². The van der Waals surface area contributed by atoms with Gasteiger partial charge in [0.2, 0.25) is 35.4 Å². The van der Waals surface area contributed by atoms with E-state index in [4.69, 9.17) is 0 Å². The van der Waals surface area contributed by atoms with Crippen LogP contribution in [-0.2, 0) is 41.6 Å². The topological polar surface area (TPSA) is 239 Å². The van der Waals surface area contributed by atoms with Crippen LogP contribution >= 0.6 is 0 Å². The molecule has 4 aliphatic rings. The van der Waals surface area contributed by atoms with Crippen molar-refractivity contribution >= 4 is 47.3 Å². The van der Waals surface area contributed by atoms with E-state index >= 15 is 0 Å². The first-order valence-electron chi connectivity index (χ1n) is 27.0. The fraction of sp³-hybridized carbons (Fsp3) is 0.552. The summed E-state index contributed by atoms with van der Waals surface area (Å²) >= 11 is 0. The number of nitrogens with zero attached hydrogens (tertiary/aromatic N) is 2. The zero-order chi connectivity index (χ0) is 55.2. The van der Waals surface area contributed by atoms with Crippen molar-refractivity contribution in [2.24, 2.45) is 10.8 Å². The first kappa shape index (κ1) is 57.1. The highest BCUT2D eigenvalue weighted by molar-refractivity contribution is 5.99. The maximum absolute atomic E-state index is 14.6. The van der Waals surface area contributed by atoms with Crippen molar-refractivity contribution in [3.8, 4) is 0 Å². The number of benzene rings is 3. The van der Waals surface area contributed by atoms with Crippen LogP contribution in [0.25, 0.3) is 0 Å². The Balaban J connectivity index is 1.06. The smallest absolute Gasteiger partial charge is 0.251 e. The van der Waals surface area contributed by atoms with Crippen LogP contribution in [-0.4, -0.2) is 133 Å². The fourth-order valence-electron chi connectivity index (χ4n) is 10.9. The third-order valence-electron chi connectivity index (χ3n) is 15.7. The highest BCUT2D eigenvalue weighted by Gasteiger charge is 2.48. The maximum Gasteiger partial charge on any atom is 0.251 e. The lowest BCUT2D eigenvalue weighted by atomic mass is 9.85. The van der Waals surface area contributed by atoms with Crippen LogP contribution < -0.4 is 42.5 Å². The summed E-state index contributed by atoms with van der Waals surface area (Å²) in [6.45, 7) is 14.5. The lowest BCUT2D eigenvalue weighted by Gasteiger charge is -2.36. The van der Waals surface area contributed by atoms with E-state index in [9.17, 15) is 38.4 Å². The molecule has 3 aromatic rings. The predicted molar refractivity (Wildman–Crippen MR) is 290 cm³/mol. The van der Waals surface area contributed by atoms with E-state index in [1.807, 2.05) is 77.9 Å². The Kier molecular flexibility index (Phi) is 18.1. The Morgan fingerprint density at radius 2 is 0.868 bits per heavy atom. The zero-order valence-corrected chi connectivity index (χ0v) is 45.9. The van der Waals surface area contributed by atoms with Gasteiger partial charge < -0.3 is 52.3 Å². The molecule has 0 spiro atoms. The Bertz CT molecular complexity index is 2470. The number of amides is 8. The van der Waals surface area contributed by atoms with Crippen LogP contribution in [0.1, 0.15) is 149 Å². The van der Waals surface area contributed by atoms with Gasteiger partial charge in [-0.2, -0.15) is 0 Å². The molecule has 8 N–H and O–H groups in total. The van der Waals surface area contributed by atoms with E-state index < -0.39 is 82.8 Å². The molecule has 1 unspecified atom stereocenters. The molecular weight excluding hydrogens is 965 g/mol. The number of hydrogen-bond acceptors (Lipinski definition) is 10. The SMILES string of the molecule is CN[C@@H](C)C(=O)N[C@@H](C(=O)N1CC(NC(=O)c2ccc(C(=O)N[C@H]3C[C@@H](C(=O)N[C@@H]4CCCc5ccccc54)N(C(=O)[C@H](NC(=O)[C@H](C)NC)C(C)(C)C)C3)cc2)C[C@H]1C(=O)N[C@@H]1CCCc2ccccc21)C(C)(C)C. The second-order valence-electron chi connectivity index (χ2n) is 23.3. The largest absolute Gasteiger partial charge is 0.347 e. The molecule has 8 amide bonds. The molecule has 2 heterocycles. The molecule has 2 aliphatic heterocycles. The third kappa shape index (κ3) is 13.3. The normalized spacial score (nSPS) is 22.9. The van der Waals surface area contributed by atoms with Crippen molar-refractivity contribution in [3.05, 3.63) is 106 Å². The van der Waals surface area contributed by atoms with Gasteiger partial charge in [-0.25, -0.2) is 0 Å². The molecule has 2 saturated heterocycles. The molecule has 3 aromatic carbocycles. The van der Waals surface area contributed by atoms with Gasteiger partial charge in [0.1, 0.15) is 24.2 Å². The second-order valence-corrected chi connectivity index (χ2v) is 23.3. The van der Waals surface area contributed by atoms with Gasteiger partial charge in [-0.3, -0.25) is 38.4 Å². The maximum atomic E-state index is 14.6. The average molecular weight is 1050 g/mol. The van der Waals surface area contributed by atoms with Gasteiger partial charge in [-0.15, -0.1) is 0 Å². The van der Waals surface area contributed by atoms with Crippen molar-refractivity contribution in [2.45, 2.75) is 167 Å². The number of hydrogen-bond donors (Lipinski definition) is 8. The van der Waals surface area contributed by atoms with Crippen molar-refractivity contribution < 1.29 is 38.4 Å². The molecule has 18 heteroatoms. The number of likely N-dealkylation sites (N-methyl/N-ethyl adjacent to an activating group) is 2. The summed E-state index contributed by atoms with van der Waals surface area (Å²) in [5, 5.41) is 24.1. The van der Waals surface area contributed by atoms with E-state index in [1.54, 1.807) is 27.9 Å². The molecule has 2 aliphatic carbocycles. The summed E-state index contributed by atoms with van der Waals surface area (Å²) in [5.41, 5.74) is 3.44. The molecule has 410 valence electrons. The van der Waals surface area contributed by atoms with Gasteiger partial charge in [0.15, 0.2) is 0 Å². The van der Waals surface area contributed by atoms with E-state index in [0.29, 0.717) is 0 Å². The average Bonchev–Trinajstić information content (AvgIpc) is 4.03. The van der Waals surface area contributed by atoms with Crippen molar-refractivity contribution in [1.29, 1.82) is 0 Å². The highest BCUT2D eigenvalue weighted by atomic mass is 16.2. The first-order chi connectivity index (χ1) is 36.0. The van der Waals surface area contributed by atoms with Gasteiger partial charge in [0.25, 0.3) is 11.8 Å². The van der Waals surface area contributed by atoms with Crippen LogP contribution in [0, 0.1) is 10.8 Å². The van der Waals surface area contributed by atoms with Gasteiger partial charge in [-0.1, -0.05) is 90.1 Å². The summed E-state index contributed by atoms with van der Waals surface area (Å²) in [5.74, 6) is -3.23. The summed E-state index contributed by atoms with van der Waals surface area (Å²) in [4.78, 5) is 115. The number of rotatable bonds is 16. The number of carbonyl (C=O) groups is 8. The summed E-state index contributed by atoms with van der Waals surface area (Å²) in [6, 6.07) is 15.3. The van der Waals surface area contributed by atoms with Crippen LogP contribution in [0.2, 0.25) is 0 Å². The minimum absolute atomic E-state index is 0.0141. The van der Waals surface area contributed by atoms with Crippen LogP contribution in [0.5, 0.6) is 0 Å². The number of nitrogens with one attached hydrogen (secondary N) is 8. The summed E-state index contributed by atoms with van der Waals surface area (Å²) in [6.07, 6.45) is 5.33. The van der Waals surface area contributed by atoms with Crippen LogP contribution in [0.15, 0.2) is 72.8 Å². The Morgan fingerprint density at radius 3 is 1.21 bits per heavy atom. The number of fused-ring (bicyclic) bond motifs is 2. The van der Waals surface area contributed by atoms with Crippen molar-refractivity contribution in [3.63, 3.8) is 0 Å². The standard InChI is InChI=1S/C58H80N10O8/c1-33(59-9)49(69)65-47(57(3,4)5)55(75)67-31-39(29-45(67)53(73)63-43-23-15-19-35-17-11-13-21-41(35)43)61-51(71)37-25-27-38(28-26-37)52(72)62-40-30-46(54(74)64-44-24-16-20-36-18-12-14-22-42(36)44)68(32-40)56(76)48(58(6,7)8)66-50(70)34(2)60-10/h11-14,17-18,21-22,25-28,33-34,39-40,43-48,59-60H,15-16,19-20,23-24,29-32H2,1-10H3,(H,61,71)(H,62,72)(H,63,73)(H,64,74)(H,65,69)(H,66,70)/t33-,34-,39-,40?,43+,44+,45-,46-,47-,48-/m0/s1. The molecule has 0 radical (unpaired) electrons. The zero-order valence-electron chi connectivity index (χ0n) is 45.9. The summed E-state index contributed by atoms with van der Waals surface area (Å²) < 4.78 is 0. The van der Waals surface area contributed by atoms with Gasteiger partial charge in [0, 0.05) is 36.3 Å². The Hall–Kier alpha value is -6.66. The van der Waals surface area contributed by atoms with Gasteiger partial charge >= 0.3 is 0 Å². The lowest BCUT2D eigenvalue weighted by molar-refractivity contribution is -0.144. The Morgan fingerprint density at radius 1 is 0.513 bits per heavy atom. The van der Waals surface area contributed by atoms with E-state index in [-0.39, 0.29) is 72.8 Å². The number of carbonyl (C=O) groups excluding carboxylic acids is 8. The summed E-state index contributed by atoms with van der Waals surface area (Å²) in [7, 11) is 3.31.